The van der Waals surface area contributed by atoms with Gasteiger partial charge in [-0.15, -0.1) is 0 Å². The van der Waals surface area contributed by atoms with E-state index in [2.05, 4.69) is 4.90 Å². The third-order valence-electron chi connectivity index (χ3n) is 5.40. The highest BCUT2D eigenvalue weighted by atomic mass is 16.5. The van der Waals surface area contributed by atoms with Gasteiger partial charge in [0.15, 0.2) is 23.1 Å². The van der Waals surface area contributed by atoms with Gasteiger partial charge in [0.2, 0.25) is 0 Å². The minimum absolute atomic E-state index is 0.183. The predicted molar refractivity (Wildman–Crippen MR) is 123 cm³/mol. The molecule has 0 spiro atoms. The lowest BCUT2D eigenvalue weighted by molar-refractivity contribution is 0.0360. The molecule has 3 aromatic rings. The number of methoxy groups -OCH3 is 2. The van der Waals surface area contributed by atoms with Crippen LogP contribution in [0.15, 0.2) is 42.5 Å². The largest absolute Gasteiger partial charge is 0.507 e. The van der Waals surface area contributed by atoms with Crippen LogP contribution in [0.1, 0.15) is 11.4 Å². The van der Waals surface area contributed by atoms with E-state index in [1.165, 1.54) is 0 Å². The van der Waals surface area contributed by atoms with Crippen LogP contribution in [0.3, 0.4) is 0 Å². The summed E-state index contributed by atoms with van der Waals surface area (Å²) >= 11 is 0. The number of ether oxygens (including phenoxy) is 3. The third kappa shape index (κ3) is 5.09. The Morgan fingerprint density at radius 2 is 1.78 bits per heavy atom. The van der Waals surface area contributed by atoms with Gasteiger partial charge in [0, 0.05) is 19.6 Å². The number of phenolic OH excluding ortho intramolecular Hbond substituents is 1. The topological polar surface area (TPSA) is 81.9 Å². The number of hydrogen-bond acceptors (Lipinski definition) is 7. The summed E-state index contributed by atoms with van der Waals surface area (Å²) in [6.45, 7) is 4.83. The highest BCUT2D eigenvalue weighted by Gasteiger charge is 2.16. The quantitative estimate of drug-likeness (QED) is 0.581. The van der Waals surface area contributed by atoms with Crippen LogP contribution in [0, 0.1) is 0 Å². The zero-order valence-corrected chi connectivity index (χ0v) is 18.4. The number of aromatic nitrogens is 3. The second-order valence-corrected chi connectivity index (χ2v) is 7.44. The molecule has 1 N–H and O–H groups in total. The number of para-hydroxylation sites is 1. The molecule has 4 rings (SSSR count). The molecule has 0 atom stereocenters. The maximum absolute atomic E-state index is 10.4. The van der Waals surface area contributed by atoms with Gasteiger partial charge < -0.3 is 19.3 Å². The number of benzene rings is 2. The summed E-state index contributed by atoms with van der Waals surface area (Å²) in [7, 11) is 3.23. The summed E-state index contributed by atoms with van der Waals surface area (Å²) in [5.74, 6) is 2.73. The van der Waals surface area contributed by atoms with E-state index in [4.69, 9.17) is 24.3 Å². The summed E-state index contributed by atoms with van der Waals surface area (Å²) in [4.78, 5) is 7.05. The SMILES string of the molecule is COc1ccc(C=Cc2nc(-c3ccccc3O)n(CCN3CCOCC3)n2)cc1OC. The maximum atomic E-state index is 10.4. The fourth-order valence-electron chi connectivity index (χ4n) is 3.64. The van der Waals surface area contributed by atoms with Crippen molar-refractivity contribution in [2.24, 2.45) is 0 Å². The zero-order chi connectivity index (χ0) is 22.3. The van der Waals surface area contributed by atoms with E-state index in [9.17, 15) is 5.11 Å². The molecule has 0 bridgehead atoms. The van der Waals surface area contributed by atoms with Gasteiger partial charge in [0.25, 0.3) is 0 Å². The van der Waals surface area contributed by atoms with Gasteiger partial charge in [-0.2, -0.15) is 5.10 Å². The molecule has 0 saturated carbocycles. The van der Waals surface area contributed by atoms with Crippen LogP contribution in [0.5, 0.6) is 17.2 Å². The summed E-state index contributed by atoms with van der Waals surface area (Å²) in [5, 5.41) is 15.1. The highest BCUT2D eigenvalue weighted by Crippen LogP contribution is 2.29. The summed E-state index contributed by atoms with van der Waals surface area (Å²) in [5.41, 5.74) is 1.60. The van der Waals surface area contributed by atoms with Crippen molar-refractivity contribution in [3.63, 3.8) is 0 Å². The number of hydrogen-bond donors (Lipinski definition) is 1. The van der Waals surface area contributed by atoms with Gasteiger partial charge in [-0.3, -0.25) is 4.90 Å². The lowest BCUT2D eigenvalue weighted by Gasteiger charge is -2.26. The Bertz CT molecular complexity index is 1070. The Kier molecular flexibility index (Phi) is 7.03. The molecule has 0 unspecified atom stereocenters. The lowest BCUT2D eigenvalue weighted by atomic mass is 10.2. The van der Waals surface area contributed by atoms with Crippen molar-refractivity contribution in [2.45, 2.75) is 6.54 Å². The Balaban J connectivity index is 1.59. The second kappa shape index (κ2) is 10.3. The van der Waals surface area contributed by atoms with Crippen molar-refractivity contribution in [1.82, 2.24) is 19.7 Å². The van der Waals surface area contributed by atoms with Gasteiger partial charge in [-0.1, -0.05) is 24.3 Å². The molecule has 1 fully saturated rings. The summed E-state index contributed by atoms with van der Waals surface area (Å²) < 4.78 is 18.0. The van der Waals surface area contributed by atoms with Crippen LogP contribution in [-0.2, 0) is 11.3 Å². The number of rotatable bonds is 8. The minimum atomic E-state index is 0.183. The lowest BCUT2D eigenvalue weighted by Crippen LogP contribution is -2.38. The maximum Gasteiger partial charge on any atom is 0.174 e. The molecule has 1 aliphatic heterocycles. The number of aromatic hydroxyl groups is 1. The van der Waals surface area contributed by atoms with Gasteiger partial charge in [0.05, 0.1) is 39.5 Å². The zero-order valence-electron chi connectivity index (χ0n) is 18.4. The van der Waals surface area contributed by atoms with Crippen molar-refractivity contribution in [3.8, 4) is 28.6 Å². The molecule has 168 valence electrons. The van der Waals surface area contributed by atoms with Gasteiger partial charge in [-0.05, 0) is 35.9 Å². The van der Waals surface area contributed by atoms with Gasteiger partial charge in [-0.25, -0.2) is 9.67 Å². The van der Waals surface area contributed by atoms with E-state index in [-0.39, 0.29) is 5.75 Å². The van der Waals surface area contributed by atoms with Crippen molar-refractivity contribution in [2.75, 3.05) is 47.1 Å². The number of phenols is 1. The summed E-state index contributed by atoms with van der Waals surface area (Å²) in [6.07, 6.45) is 3.79. The molecule has 32 heavy (non-hydrogen) atoms. The Morgan fingerprint density at radius 1 is 1.00 bits per heavy atom. The average molecular weight is 437 g/mol. The van der Waals surface area contributed by atoms with E-state index in [1.807, 2.05) is 47.2 Å². The Hall–Kier alpha value is -3.36. The van der Waals surface area contributed by atoms with Gasteiger partial charge in [0.1, 0.15) is 5.75 Å². The molecular weight excluding hydrogens is 408 g/mol. The fourth-order valence-corrected chi connectivity index (χ4v) is 3.64. The van der Waals surface area contributed by atoms with Crippen LogP contribution in [0.25, 0.3) is 23.5 Å². The fraction of sp³-hybridized carbons (Fsp3) is 0.333. The molecule has 1 saturated heterocycles. The van der Waals surface area contributed by atoms with Crippen LogP contribution < -0.4 is 9.47 Å². The first-order chi connectivity index (χ1) is 15.7. The second-order valence-electron chi connectivity index (χ2n) is 7.44. The van der Waals surface area contributed by atoms with Crippen molar-refractivity contribution in [3.05, 3.63) is 53.9 Å². The smallest absolute Gasteiger partial charge is 0.174 e. The first kappa shape index (κ1) is 21.9. The molecule has 8 nitrogen and oxygen atoms in total. The van der Waals surface area contributed by atoms with Gasteiger partial charge >= 0.3 is 0 Å². The highest BCUT2D eigenvalue weighted by molar-refractivity contribution is 5.70. The average Bonchev–Trinajstić information content (AvgIpc) is 3.25. The molecule has 2 aromatic carbocycles. The molecule has 8 heteroatoms. The monoisotopic (exact) mass is 436 g/mol. The van der Waals surface area contributed by atoms with Crippen LogP contribution in [-0.4, -0.2) is 71.8 Å². The molecule has 0 amide bonds. The van der Waals surface area contributed by atoms with Crippen LogP contribution >= 0.6 is 0 Å². The molecule has 1 aliphatic rings. The van der Waals surface area contributed by atoms with Crippen molar-refractivity contribution >= 4 is 12.2 Å². The van der Waals surface area contributed by atoms with E-state index in [1.54, 1.807) is 26.4 Å². The van der Waals surface area contributed by atoms with Crippen LogP contribution in [0.4, 0.5) is 0 Å². The summed E-state index contributed by atoms with van der Waals surface area (Å²) in [6, 6.07) is 12.9. The van der Waals surface area contributed by atoms with E-state index in [0.717, 1.165) is 38.4 Å². The molecule has 2 heterocycles. The predicted octanol–water partition coefficient (Wildman–Crippen LogP) is 3.17. The third-order valence-corrected chi connectivity index (χ3v) is 5.40. The Labute approximate surface area is 187 Å². The standard InChI is InChI=1S/C24H28N4O4/c1-30-21-9-7-18(17-22(21)31-2)8-10-23-25-24(19-5-3-4-6-20(19)29)28(26-23)12-11-27-13-15-32-16-14-27/h3-10,17,29H,11-16H2,1-2H3. The minimum Gasteiger partial charge on any atom is -0.507 e. The first-order valence-corrected chi connectivity index (χ1v) is 10.6. The molecule has 1 aromatic heterocycles. The van der Waals surface area contributed by atoms with E-state index in [0.29, 0.717) is 35.3 Å². The molecular formula is C24H28N4O4. The molecule has 0 aliphatic carbocycles. The number of nitrogens with zero attached hydrogens (tertiary/aromatic N) is 4. The number of morpholine rings is 1. The Morgan fingerprint density at radius 3 is 2.53 bits per heavy atom. The van der Waals surface area contributed by atoms with Crippen LogP contribution in [0.2, 0.25) is 0 Å². The van der Waals surface area contributed by atoms with E-state index < -0.39 is 0 Å². The normalized spacial score (nSPS) is 14.7. The van der Waals surface area contributed by atoms with Crippen molar-refractivity contribution in [1.29, 1.82) is 0 Å². The van der Waals surface area contributed by atoms with Crippen molar-refractivity contribution < 1.29 is 19.3 Å². The molecule has 0 radical (unpaired) electrons. The van der Waals surface area contributed by atoms with E-state index >= 15 is 0 Å². The first-order valence-electron chi connectivity index (χ1n) is 10.6.